The predicted octanol–water partition coefficient (Wildman–Crippen LogP) is 4.67. The lowest BCUT2D eigenvalue weighted by molar-refractivity contribution is 0.327. The number of aryl methyl sites for hydroxylation is 1. The molecule has 4 nitrogen and oxygen atoms in total. The molecule has 0 bridgehead atoms. The number of nitrogens with zero attached hydrogens (tertiary/aromatic N) is 4. The van der Waals surface area contributed by atoms with Crippen LogP contribution in [0.25, 0.3) is 16.6 Å². The number of benzene rings is 2. The Morgan fingerprint density at radius 2 is 1.88 bits per heavy atom. The minimum atomic E-state index is 0.170. The molecule has 0 spiro atoms. The van der Waals surface area contributed by atoms with Gasteiger partial charge >= 0.3 is 0 Å². The molecule has 0 aliphatic carbocycles. The molecule has 0 saturated carbocycles. The predicted molar refractivity (Wildman–Crippen MR) is 108 cm³/mol. The summed E-state index contributed by atoms with van der Waals surface area (Å²) in [5.74, 6) is 0. The molecule has 26 heavy (non-hydrogen) atoms. The molecular weight excluding hydrogens is 320 g/mol. The third kappa shape index (κ3) is 3.19. The van der Waals surface area contributed by atoms with E-state index in [9.17, 15) is 0 Å². The summed E-state index contributed by atoms with van der Waals surface area (Å²) in [6, 6.07) is 14.8. The van der Waals surface area contributed by atoms with E-state index in [2.05, 4.69) is 86.5 Å². The summed E-state index contributed by atoms with van der Waals surface area (Å²) in [4.78, 5) is 4.74. The van der Waals surface area contributed by atoms with Gasteiger partial charge in [0.25, 0.3) is 0 Å². The lowest BCUT2D eigenvalue weighted by atomic mass is 9.97. The van der Waals surface area contributed by atoms with Crippen molar-refractivity contribution in [3.8, 4) is 0 Å². The molecule has 0 amide bonds. The molecule has 0 fully saturated rings. The summed E-state index contributed by atoms with van der Waals surface area (Å²) in [5.41, 5.74) is 8.13. The Balaban J connectivity index is 1.64. The smallest absolute Gasteiger partial charge is 0.113 e. The van der Waals surface area contributed by atoms with E-state index < -0.39 is 0 Å². The summed E-state index contributed by atoms with van der Waals surface area (Å²) in [7, 11) is 0. The number of aliphatic imine (C=N–C) groups is 1. The van der Waals surface area contributed by atoms with Crippen LogP contribution in [0.15, 0.2) is 53.5 Å². The van der Waals surface area contributed by atoms with E-state index in [1.807, 2.05) is 4.68 Å². The minimum absolute atomic E-state index is 0.170. The van der Waals surface area contributed by atoms with E-state index in [1.54, 1.807) is 0 Å². The minimum Gasteiger partial charge on any atom is -0.280 e. The second-order valence-electron chi connectivity index (χ2n) is 8.20. The normalized spacial score (nSPS) is 14.6. The monoisotopic (exact) mass is 344 g/mol. The van der Waals surface area contributed by atoms with Crippen molar-refractivity contribution in [2.75, 3.05) is 6.54 Å². The maximum atomic E-state index is 4.74. The second-order valence-corrected chi connectivity index (χ2v) is 8.20. The molecule has 1 aliphatic heterocycles. The highest BCUT2D eigenvalue weighted by molar-refractivity contribution is 6.15. The summed E-state index contributed by atoms with van der Waals surface area (Å²) >= 11 is 0. The fourth-order valence-corrected chi connectivity index (χ4v) is 3.36. The van der Waals surface area contributed by atoms with Crippen molar-refractivity contribution in [3.05, 3.63) is 65.2 Å². The van der Waals surface area contributed by atoms with Crippen LogP contribution in [0.5, 0.6) is 0 Å². The molecule has 0 unspecified atom stereocenters. The first-order valence-corrected chi connectivity index (χ1v) is 9.05. The molecule has 132 valence electrons. The average molecular weight is 344 g/mol. The van der Waals surface area contributed by atoms with Gasteiger partial charge < -0.3 is 0 Å². The van der Waals surface area contributed by atoms with Crippen molar-refractivity contribution in [2.24, 2.45) is 10.4 Å². The molecule has 0 radical (unpaired) electrons. The van der Waals surface area contributed by atoms with E-state index in [-0.39, 0.29) is 5.41 Å². The number of hydrogen-bond acceptors (Lipinski definition) is 3. The highest BCUT2D eigenvalue weighted by Crippen LogP contribution is 2.26. The zero-order chi connectivity index (χ0) is 18.3. The van der Waals surface area contributed by atoms with E-state index in [0.717, 1.165) is 23.3 Å². The SMILES string of the molecule is Cc1ccccc1C1=NCC(c2ccc3c(c2)nnn3CC(C)(C)C)=C1. The molecule has 0 saturated heterocycles. The van der Waals surface area contributed by atoms with Crippen LogP contribution in [0.1, 0.15) is 37.5 Å². The Labute approximate surface area is 154 Å². The summed E-state index contributed by atoms with van der Waals surface area (Å²) in [6.45, 7) is 10.3. The Bertz CT molecular complexity index is 1030. The van der Waals surface area contributed by atoms with Crippen molar-refractivity contribution in [1.82, 2.24) is 15.0 Å². The number of rotatable bonds is 3. The first-order chi connectivity index (χ1) is 12.4. The van der Waals surface area contributed by atoms with E-state index in [1.165, 1.54) is 22.3 Å². The summed E-state index contributed by atoms with van der Waals surface area (Å²) in [6.07, 6.45) is 2.20. The van der Waals surface area contributed by atoms with Gasteiger partial charge in [-0.15, -0.1) is 5.10 Å². The third-order valence-corrected chi connectivity index (χ3v) is 4.66. The van der Waals surface area contributed by atoms with Crippen LogP contribution in [0.2, 0.25) is 0 Å². The Morgan fingerprint density at radius 1 is 1.08 bits per heavy atom. The zero-order valence-corrected chi connectivity index (χ0v) is 15.8. The topological polar surface area (TPSA) is 43.1 Å². The molecule has 4 rings (SSSR count). The summed E-state index contributed by atoms with van der Waals surface area (Å²) in [5, 5.41) is 8.72. The third-order valence-electron chi connectivity index (χ3n) is 4.66. The second kappa shape index (κ2) is 6.20. The highest BCUT2D eigenvalue weighted by Gasteiger charge is 2.17. The first kappa shape index (κ1) is 16.7. The van der Waals surface area contributed by atoms with Crippen LogP contribution in [0.3, 0.4) is 0 Å². The van der Waals surface area contributed by atoms with Gasteiger partial charge in [0.05, 0.1) is 17.8 Å². The molecule has 2 heterocycles. The standard InChI is InChI=1S/C22H24N4/c1-15-7-5-6-8-18(15)19-12-17(13-23-19)16-9-10-21-20(11-16)24-25-26(21)14-22(2,3)4/h5-12H,13-14H2,1-4H3. The summed E-state index contributed by atoms with van der Waals surface area (Å²) < 4.78 is 2.00. The van der Waals surface area contributed by atoms with Crippen molar-refractivity contribution >= 4 is 22.3 Å². The van der Waals surface area contributed by atoms with Gasteiger partial charge in [0.1, 0.15) is 5.52 Å². The van der Waals surface area contributed by atoms with Crippen LogP contribution in [-0.2, 0) is 6.54 Å². The van der Waals surface area contributed by atoms with Crippen LogP contribution in [0, 0.1) is 12.3 Å². The van der Waals surface area contributed by atoms with Crippen LogP contribution in [0.4, 0.5) is 0 Å². The van der Waals surface area contributed by atoms with Crippen LogP contribution in [-0.4, -0.2) is 27.3 Å². The fraction of sp³-hybridized carbons (Fsp3) is 0.318. The average Bonchev–Trinajstić information content (AvgIpc) is 3.21. The van der Waals surface area contributed by atoms with Crippen LogP contribution < -0.4 is 0 Å². The van der Waals surface area contributed by atoms with E-state index in [0.29, 0.717) is 6.54 Å². The van der Waals surface area contributed by atoms with Crippen molar-refractivity contribution < 1.29 is 0 Å². The molecule has 0 atom stereocenters. The molecule has 4 heteroatoms. The number of aromatic nitrogens is 3. The highest BCUT2D eigenvalue weighted by atomic mass is 15.4. The van der Waals surface area contributed by atoms with Crippen molar-refractivity contribution in [2.45, 2.75) is 34.2 Å². The Kier molecular flexibility index (Phi) is 3.98. The van der Waals surface area contributed by atoms with Gasteiger partial charge in [0.15, 0.2) is 0 Å². The molecule has 1 aliphatic rings. The first-order valence-electron chi connectivity index (χ1n) is 9.05. The number of hydrogen-bond donors (Lipinski definition) is 0. The quantitative estimate of drug-likeness (QED) is 0.693. The fourth-order valence-electron chi connectivity index (χ4n) is 3.36. The molecule has 0 N–H and O–H groups in total. The molecular formula is C22H24N4. The Hall–Kier alpha value is -2.75. The van der Waals surface area contributed by atoms with E-state index in [4.69, 9.17) is 4.99 Å². The maximum Gasteiger partial charge on any atom is 0.113 e. The van der Waals surface area contributed by atoms with Gasteiger partial charge in [-0.1, -0.05) is 56.3 Å². The van der Waals surface area contributed by atoms with Gasteiger partial charge in [-0.25, -0.2) is 4.68 Å². The van der Waals surface area contributed by atoms with Gasteiger partial charge in [-0.3, -0.25) is 4.99 Å². The van der Waals surface area contributed by atoms with Crippen molar-refractivity contribution in [3.63, 3.8) is 0 Å². The van der Waals surface area contributed by atoms with Gasteiger partial charge in [-0.05, 0) is 47.2 Å². The van der Waals surface area contributed by atoms with Gasteiger partial charge in [0.2, 0.25) is 0 Å². The van der Waals surface area contributed by atoms with E-state index >= 15 is 0 Å². The van der Waals surface area contributed by atoms with Crippen molar-refractivity contribution in [1.29, 1.82) is 0 Å². The lowest BCUT2D eigenvalue weighted by Crippen LogP contribution is -2.16. The number of fused-ring (bicyclic) bond motifs is 1. The van der Waals surface area contributed by atoms with Crippen LogP contribution >= 0.6 is 0 Å². The maximum absolute atomic E-state index is 4.74. The molecule has 1 aromatic heterocycles. The molecule has 2 aromatic carbocycles. The van der Waals surface area contributed by atoms with Gasteiger partial charge in [0, 0.05) is 12.1 Å². The largest absolute Gasteiger partial charge is 0.280 e. The lowest BCUT2D eigenvalue weighted by Gasteiger charge is -2.17. The zero-order valence-electron chi connectivity index (χ0n) is 15.8. The molecule has 3 aromatic rings. The number of allylic oxidation sites excluding steroid dienone is 1. The van der Waals surface area contributed by atoms with Gasteiger partial charge in [-0.2, -0.15) is 0 Å². The Morgan fingerprint density at radius 3 is 2.65 bits per heavy atom.